The molecule has 1 fully saturated rings. The number of halogens is 1. The Hall–Kier alpha value is -3.03. The normalized spacial score (nSPS) is 18.3. The first-order valence-corrected chi connectivity index (χ1v) is 10.3. The van der Waals surface area contributed by atoms with Crippen LogP contribution in [0.1, 0.15) is 41.9 Å². The van der Waals surface area contributed by atoms with Crippen LogP contribution in [-0.4, -0.2) is 58.3 Å². The van der Waals surface area contributed by atoms with Gasteiger partial charge in [0.2, 0.25) is 11.8 Å². The van der Waals surface area contributed by atoms with E-state index in [1.165, 1.54) is 12.1 Å². The van der Waals surface area contributed by atoms with Crippen LogP contribution in [0.4, 0.5) is 10.2 Å². The first kappa shape index (κ1) is 20.3. The average molecular weight is 411 g/mol. The van der Waals surface area contributed by atoms with Crippen molar-refractivity contribution in [2.75, 3.05) is 32.0 Å². The highest BCUT2D eigenvalue weighted by Gasteiger charge is 2.31. The third-order valence-electron chi connectivity index (χ3n) is 5.93. The third kappa shape index (κ3) is 4.13. The number of fused-ring (bicyclic) bond motifs is 1. The van der Waals surface area contributed by atoms with Crippen LogP contribution in [0, 0.1) is 5.82 Å². The summed E-state index contributed by atoms with van der Waals surface area (Å²) in [6.45, 7) is 4.03. The number of likely N-dealkylation sites (tertiary alicyclic amines) is 1. The number of hydrogen-bond acceptors (Lipinski definition) is 5. The number of amides is 2. The predicted octanol–water partition coefficient (Wildman–Crippen LogP) is 2.12. The van der Waals surface area contributed by atoms with Gasteiger partial charge in [0.25, 0.3) is 0 Å². The van der Waals surface area contributed by atoms with E-state index in [2.05, 4.69) is 5.32 Å². The summed E-state index contributed by atoms with van der Waals surface area (Å²) in [4.78, 5) is 37.6. The van der Waals surface area contributed by atoms with E-state index in [1.807, 2.05) is 16.8 Å². The molecule has 4 rings (SSSR count). The lowest BCUT2D eigenvalue weighted by Crippen LogP contribution is -2.38. The molecule has 1 N–H and O–H groups in total. The monoisotopic (exact) mass is 411 g/mol. The van der Waals surface area contributed by atoms with Gasteiger partial charge in [0.05, 0.1) is 18.7 Å². The van der Waals surface area contributed by atoms with E-state index >= 15 is 0 Å². The fourth-order valence-corrected chi connectivity index (χ4v) is 4.18. The molecule has 30 heavy (non-hydrogen) atoms. The van der Waals surface area contributed by atoms with Crippen LogP contribution >= 0.6 is 0 Å². The molecule has 3 heterocycles. The number of nitrogens with zero attached hydrogens (tertiary/aromatic N) is 4. The molecule has 158 valence electrons. The smallest absolute Gasteiger partial charge is 0.227 e. The van der Waals surface area contributed by atoms with Crippen LogP contribution in [-0.2, 0) is 29.0 Å². The summed E-state index contributed by atoms with van der Waals surface area (Å²) in [5.74, 6) is 1.44. The molecule has 2 aliphatic heterocycles. The quantitative estimate of drug-likeness (QED) is 0.834. The van der Waals surface area contributed by atoms with Crippen LogP contribution in [0.3, 0.4) is 0 Å². The van der Waals surface area contributed by atoms with Crippen molar-refractivity contribution < 1.29 is 14.0 Å². The molecule has 1 saturated heterocycles. The molecule has 1 atom stereocenters. The van der Waals surface area contributed by atoms with Gasteiger partial charge in [0, 0.05) is 51.5 Å². The maximum atomic E-state index is 13.1. The average Bonchev–Trinajstić information content (AvgIpc) is 3.25. The van der Waals surface area contributed by atoms with E-state index in [0.717, 1.165) is 41.4 Å². The van der Waals surface area contributed by atoms with Gasteiger partial charge in [-0.05, 0) is 24.1 Å². The Bertz CT molecular complexity index is 945. The number of carbonyl (C=O) groups excluding carboxylic acids is 2. The molecule has 0 bridgehead atoms. The Balaban J connectivity index is 1.50. The molecule has 0 radical (unpaired) electrons. The van der Waals surface area contributed by atoms with Gasteiger partial charge in [0.1, 0.15) is 17.5 Å². The Labute approximate surface area is 175 Å². The number of benzene rings is 1. The summed E-state index contributed by atoms with van der Waals surface area (Å²) in [7, 11) is 1.82. The van der Waals surface area contributed by atoms with Crippen molar-refractivity contribution >= 4 is 17.6 Å². The number of anilines is 1. The van der Waals surface area contributed by atoms with Gasteiger partial charge in [-0.2, -0.15) is 0 Å². The summed E-state index contributed by atoms with van der Waals surface area (Å²) in [5.41, 5.74) is 2.71. The Morgan fingerprint density at radius 1 is 1.17 bits per heavy atom. The van der Waals surface area contributed by atoms with E-state index in [0.29, 0.717) is 26.1 Å². The standard InChI is InChI=1S/C22H26FN5O2/c1-14(29)27-9-7-16(12-27)21-25-19-8-10-28(13-18(19)22(24-2)26-21)20(30)11-15-3-5-17(23)6-4-15/h3-6,16H,7-13H2,1-2H3,(H,24,25,26)/t16-/m0/s1. The van der Waals surface area contributed by atoms with Crippen molar-refractivity contribution in [2.24, 2.45) is 0 Å². The minimum Gasteiger partial charge on any atom is -0.373 e. The molecule has 2 aliphatic rings. The highest BCUT2D eigenvalue weighted by atomic mass is 19.1. The summed E-state index contributed by atoms with van der Waals surface area (Å²) >= 11 is 0. The minimum absolute atomic E-state index is 0.00582. The number of carbonyl (C=O) groups is 2. The molecule has 8 heteroatoms. The van der Waals surface area contributed by atoms with E-state index in [4.69, 9.17) is 9.97 Å². The molecular formula is C22H26FN5O2. The first-order valence-electron chi connectivity index (χ1n) is 10.3. The molecule has 1 aromatic heterocycles. The van der Waals surface area contributed by atoms with E-state index in [1.54, 1.807) is 19.1 Å². The predicted molar refractivity (Wildman–Crippen MR) is 110 cm³/mol. The molecule has 7 nitrogen and oxygen atoms in total. The lowest BCUT2D eigenvalue weighted by molar-refractivity contribution is -0.131. The second kappa shape index (κ2) is 8.38. The molecule has 2 aromatic rings. The van der Waals surface area contributed by atoms with Gasteiger partial charge in [-0.1, -0.05) is 12.1 Å². The van der Waals surface area contributed by atoms with Crippen LogP contribution in [0.5, 0.6) is 0 Å². The molecule has 1 aromatic carbocycles. The van der Waals surface area contributed by atoms with E-state index in [-0.39, 0.29) is 30.0 Å². The number of hydrogen-bond donors (Lipinski definition) is 1. The van der Waals surface area contributed by atoms with Crippen LogP contribution in [0.2, 0.25) is 0 Å². The van der Waals surface area contributed by atoms with Crippen molar-refractivity contribution in [1.82, 2.24) is 19.8 Å². The molecule has 2 amide bonds. The maximum Gasteiger partial charge on any atom is 0.227 e. The summed E-state index contributed by atoms with van der Waals surface area (Å²) in [5, 5.41) is 3.16. The van der Waals surface area contributed by atoms with E-state index in [9.17, 15) is 14.0 Å². The molecule has 0 spiro atoms. The van der Waals surface area contributed by atoms with Gasteiger partial charge in [-0.15, -0.1) is 0 Å². The van der Waals surface area contributed by atoms with Gasteiger partial charge in [-0.25, -0.2) is 14.4 Å². The lowest BCUT2D eigenvalue weighted by Gasteiger charge is -2.30. The Morgan fingerprint density at radius 3 is 2.60 bits per heavy atom. The zero-order valence-corrected chi connectivity index (χ0v) is 17.3. The van der Waals surface area contributed by atoms with Crippen LogP contribution < -0.4 is 5.32 Å². The number of nitrogens with one attached hydrogen (secondary N) is 1. The lowest BCUT2D eigenvalue weighted by atomic mass is 10.0. The zero-order chi connectivity index (χ0) is 21.3. The first-order chi connectivity index (χ1) is 14.4. The molecular weight excluding hydrogens is 385 g/mol. The summed E-state index contributed by atoms with van der Waals surface area (Å²) in [6.07, 6.45) is 1.77. The number of aromatic nitrogens is 2. The largest absolute Gasteiger partial charge is 0.373 e. The van der Waals surface area contributed by atoms with Gasteiger partial charge in [-0.3, -0.25) is 9.59 Å². The van der Waals surface area contributed by atoms with Crippen LogP contribution in [0.15, 0.2) is 24.3 Å². The van der Waals surface area contributed by atoms with Gasteiger partial charge >= 0.3 is 0 Å². The maximum absolute atomic E-state index is 13.1. The Morgan fingerprint density at radius 2 is 1.93 bits per heavy atom. The minimum atomic E-state index is -0.307. The number of rotatable bonds is 4. The van der Waals surface area contributed by atoms with Gasteiger partial charge in [0.15, 0.2) is 0 Å². The van der Waals surface area contributed by atoms with Crippen molar-refractivity contribution in [1.29, 1.82) is 0 Å². The molecule has 0 aliphatic carbocycles. The second-order valence-electron chi connectivity index (χ2n) is 7.92. The zero-order valence-electron chi connectivity index (χ0n) is 17.3. The highest BCUT2D eigenvalue weighted by Crippen LogP contribution is 2.30. The van der Waals surface area contributed by atoms with Crippen molar-refractivity contribution in [3.63, 3.8) is 0 Å². The Kier molecular flexibility index (Phi) is 5.65. The van der Waals surface area contributed by atoms with Crippen LogP contribution in [0.25, 0.3) is 0 Å². The van der Waals surface area contributed by atoms with Gasteiger partial charge < -0.3 is 15.1 Å². The fourth-order valence-electron chi connectivity index (χ4n) is 4.18. The van der Waals surface area contributed by atoms with Crippen molar-refractivity contribution in [3.8, 4) is 0 Å². The second-order valence-corrected chi connectivity index (χ2v) is 7.92. The summed E-state index contributed by atoms with van der Waals surface area (Å²) in [6, 6.07) is 6.04. The SMILES string of the molecule is CNc1nc([C@H]2CCN(C(C)=O)C2)nc2c1CN(C(=O)Cc1ccc(F)cc1)CC2. The van der Waals surface area contributed by atoms with Crippen molar-refractivity contribution in [3.05, 3.63) is 52.7 Å². The highest BCUT2D eigenvalue weighted by molar-refractivity contribution is 5.79. The topological polar surface area (TPSA) is 78.4 Å². The molecule has 0 saturated carbocycles. The summed E-state index contributed by atoms with van der Waals surface area (Å²) < 4.78 is 13.1. The molecule has 0 unspecified atom stereocenters. The van der Waals surface area contributed by atoms with E-state index < -0.39 is 0 Å². The fraction of sp³-hybridized carbons (Fsp3) is 0.455. The third-order valence-corrected chi connectivity index (χ3v) is 5.93. The van der Waals surface area contributed by atoms with Crippen molar-refractivity contribution in [2.45, 2.75) is 38.6 Å².